The van der Waals surface area contributed by atoms with E-state index in [-0.39, 0.29) is 22.8 Å². The minimum absolute atomic E-state index is 0.168. The maximum absolute atomic E-state index is 12.3. The number of aromatic nitrogens is 4. The summed E-state index contributed by atoms with van der Waals surface area (Å²) in [5.74, 6) is -0.00725. The van der Waals surface area contributed by atoms with Gasteiger partial charge >= 0.3 is 0 Å². The molecular weight excluding hydrogens is 268 g/mol. The zero-order valence-corrected chi connectivity index (χ0v) is 11.7. The van der Waals surface area contributed by atoms with Crippen molar-refractivity contribution in [3.8, 4) is 28.5 Å². The Hall–Kier alpha value is -2.89. The maximum atomic E-state index is 12.3. The van der Waals surface area contributed by atoms with Gasteiger partial charge in [0.25, 0.3) is 5.56 Å². The van der Waals surface area contributed by atoms with Crippen LogP contribution in [0, 0.1) is 6.92 Å². The second-order valence-corrected chi connectivity index (χ2v) is 4.87. The van der Waals surface area contributed by atoms with Crippen LogP contribution < -0.4 is 5.56 Å². The van der Waals surface area contributed by atoms with Gasteiger partial charge in [-0.05, 0) is 12.5 Å². The van der Waals surface area contributed by atoms with Crippen molar-refractivity contribution in [1.29, 1.82) is 0 Å². The van der Waals surface area contributed by atoms with Gasteiger partial charge in [-0.25, -0.2) is 4.98 Å². The molecule has 6 nitrogen and oxygen atoms in total. The summed E-state index contributed by atoms with van der Waals surface area (Å²) in [6.07, 6.45) is 3.17. The number of aromatic amines is 1. The van der Waals surface area contributed by atoms with Gasteiger partial charge in [0, 0.05) is 7.05 Å². The standard InChI is InChI=1S/C15H14N4O2/c1-9-3-5-10(6-4-9)12-14(20)17-13(18-15(12)21)11-7-16-8-19(11)2/h3-8H,1-2H3,(H2,17,18,20,21). The highest BCUT2D eigenvalue weighted by atomic mass is 16.3. The van der Waals surface area contributed by atoms with E-state index in [1.165, 1.54) is 0 Å². The molecule has 0 saturated heterocycles. The summed E-state index contributed by atoms with van der Waals surface area (Å²) in [4.78, 5) is 23.0. The molecule has 0 aliphatic heterocycles. The first-order valence-electron chi connectivity index (χ1n) is 6.43. The van der Waals surface area contributed by atoms with E-state index in [9.17, 15) is 9.90 Å². The topological polar surface area (TPSA) is 83.8 Å². The molecule has 2 aromatic heterocycles. The predicted molar refractivity (Wildman–Crippen MR) is 78.9 cm³/mol. The average Bonchev–Trinajstić information content (AvgIpc) is 2.86. The fourth-order valence-corrected chi connectivity index (χ4v) is 2.15. The molecule has 3 aromatic rings. The minimum atomic E-state index is -0.387. The van der Waals surface area contributed by atoms with Crippen molar-refractivity contribution >= 4 is 0 Å². The number of rotatable bonds is 2. The third-order valence-electron chi connectivity index (χ3n) is 3.30. The lowest BCUT2D eigenvalue weighted by Gasteiger charge is -2.07. The van der Waals surface area contributed by atoms with Crippen LogP contribution in [0.15, 0.2) is 41.6 Å². The number of aryl methyl sites for hydroxylation is 2. The number of nitrogens with zero attached hydrogens (tertiary/aromatic N) is 3. The third-order valence-corrected chi connectivity index (χ3v) is 3.30. The lowest BCUT2D eigenvalue weighted by Crippen LogP contribution is -2.13. The molecule has 0 aliphatic carbocycles. The first kappa shape index (κ1) is 13.1. The van der Waals surface area contributed by atoms with E-state index in [2.05, 4.69) is 15.0 Å². The molecule has 1 aromatic carbocycles. The molecule has 0 bridgehead atoms. The van der Waals surface area contributed by atoms with Crippen molar-refractivity contribution in [2.45, 2.75) is 6.92 Å². The molecule has 0 radical (unpaired) electrons. The van der Waals surface area contributed by atoms with Crippen molar-refractivity contribution in [2.24, 2.45) is 7.05 Å². The van der Waals surface area contributed by atoms with Crippen LogP contribution in [-0.4, -0.2) is 24.6 Å². The van der Waals surface area contributed by atoms with Gasteiger partial charge in [0.15, 0.2) is 5.82 Å². The zero-order chi connectivity index (χ0) is 15.0. The Labute approximate surface area is 120 Å². The zero-order valence-electron chi connectivity index (χ0n) is 11.7. The molecule has 0 fully saturated rings. The highest BCUT2D eigenvalue weighted by Gasteiger charge is 2.15. The Morgan fingerprint density at radius 1 is 1.24 bits per heavy atom. The van der Waals surface area contributed by atoms with E-state index in [0.29, 0.717) is 11.3 Å². The van der Waals surface area contributed by atoms with E-state index in [4.69, 9.17) is 0 Å². The second kappa shape index (κ2) is 4.90. The molecule has 2 heterocycles. The number of hydrogen-bond donors (Lipinski definition) is 2. The van der Waals surface area contributed by atoms with Crippen molar-refractivity contribution in [1.82, 2.24) is 19.5 Å². The van der Waals surface area contributed by atoms with Crippen LogP contribution in [0.4, 0.5) is 0 Å². The van der Waals surface area contributed by atoms with Gasteiger partial charge in [0.05, 0.1) is 12.5 Å². The van der Waals surface area contributed by atoms with E-state index >= 15 is 0 Å². The molecule has 0 amide bonds. The quantitative estimate of drug-likeness (QED) is 0.751. The van der Waals surface area contributed by atoms with Gasteiger partial charge in [-0.15, -0.1) is 0 Å². The van der Waals surface area contributed by atoms with Gasteiger partial charge in [-0.1, -0.05) is 29.8 Å². The maximum Gasteiger partial charge on any atom is 0.262 e. The van der Waals surface area contributed by atoms with E-state index in [0.717, 1.165) is 5.56 Å². The Morgan fingerprint density at radius 3 is 2.52 bits per heavy atom. The molecule has 6 heteroatoms. The highest BCUT2D eigenvalue weighted by Crippen LogP contribution is 2.25. The molecule has 0 aliphatic rings. The first-order valence-corrected chi connectivity index (χ1v) is 6.43. The fourth-order valence-electron chi connectivity index (χ4n) is 2.15. The smallest absolute Gasteiger partial charge is 0.262 e. The number of benzene rings is 1. The largest absolute Gasteiger partial charge is 0.493 e. The molecular formula is C15H14N4O2. The summed E-state index contributed by atoms with van der Waals surface area (Å²) in [5, 5.41) is 10.1. The summed E-state index contributed by atoms with van der Waals surface area (Å²) >= 11 is 0. The fraction of sp³-hybridized carbons (Fsp3) is 0.133. The van der Waals surface area contributed by atoms with Crippen LogP contribution in [0.2, 0.25) is 0 Å². The van der Waals surface area contributed by atoms with Crippen molar-refractivity contribution in [3.05, 3.63) is 52.7 Å². The summed E-state index contributed by atoms with van der Waals surface area (Å²) < 4.78 is 1.71. The Balaban J connectivity index is 2.15. The molecule has 0 saturated carbocycles. The Bertz CT molecular complexity index is 847. The van der Waals surface area contributed by atoms with Crippen LogP contribution >= 0.6 is 0 Å². The van der Waals surface area contributed by atoms with Gasteiger partial charge in [0.2, 0.25) is 5.88 Å². The number of H-pyrrole nitrogens is 1. The van der Waals surface area contributed by atoms with E-state index in [1.807, 2.05) is 19.1 Å². The second-order valence-electron chi connectivity index (χ2n) is 4.87. The third kappa shape index (κ3) is 2.31. The van der Waals surface area contributed by atoms with Crippen molar-refractivity contribution in [3.63, 3.8) is 0 Å². The molecule has 0 atom stereocenters. The normalized spacial score (nSPS) is 10.8. The van der Waals surface area contributed by atoms with E-state index in [1.54, 1.807) is 36.3 Å². The SMILES string of the molecule is Cc1ccc(-c2c(O)nc(-c3cncn3C)[nH]c2=O)cc1. The van der Waals surface area contributed by atoms with Gasteiger partial charge in [-0.3, -0.25) is 4.79 Å². The average molecular weight is 282 g/mol. The summed E-state index contributed by atoms with van der Waals surface area (Å²) in [5.41, 5.74) is 2.11. The predicted octanol–water partition coefficient (Wildman–Crippen LogP) is 1.85. The Morgan fingerprint density at radius 2 is 1.95 bits per heavy atom. The lowest BCUT2D eigenvalue weighted by atomic mass is 10.1. The lowest BCUT2D eigenvalue weighted by molar-refractivity contribution is 0.454. The minimum Gasteiger partial charge on any atom is -0.493 e. The molecule has 2 N–H and O–H groups in total. The van der Waals surface area contributed by atoms with Crippen molar-refractivity contribution < 1.29 is 5.11 Å². The molecule has 0 unspecified atom stereocenters. The molecule has 21 heavy (non-hydrogen) atoms. The van der Waals surface area contributed by atoms with E-state index < -0.39 is 0 Å². The number of hydrogen-bond acceptors (Lipinski definition) is 4. The molecule has 106 valence electrons. The first-order chi connectivity index (χ1) is 10.1. The van der Waals surface area contributed by atoms with Gasteiger partial charge < -0.3 is 14.7 Å². The van der Waals surface area contributed by atoms with Crippen LogP contribution in [-0.2, 0) is 7.05 Å². The van der Waals surface area contributed by atoms with Crippen molar-refractivity contribution in [2.75, 3.05) is 0 Å². The monoisotopic (exact) mass is 282 g/mol. The highest BCUT2D eigenvalue weighted by molar-refractivity contribution is 5.68. The summed E-state index contributed by atoms with van der Waals surface area (Å²) in [7, 11) is 1.78. The molecule has 0 spiro atoms. The number of imidazole rings is 1. The number of nitrogens with one attached hydrogen (secondary N) is 1. The summed E-state index contributed by atoms with van der Waals surface area (Å²) in [6.45, 7) is 1.96. The van der Waals surface area contributed by atoms with Gasteiger partial charge in [0.1, 0.15) is 11.3 Å². The van der Waals surface area contributed by atoms with Gasteiger partial charge in [-0.2, -0.15) is 4.98 Å². The van der Waals surface area contributed by atoms with Crippen LogP contribution in [0.5, 0.6) is 5.88 Å². The molecule has 3 rings (SSSR count). The van der Waals surface area contributed by atoms with Crippen LogP contribution in [0.3, 0.4) is 0 Å². The van der Waals surface area contributed by atoms with Crippen LogP contribution in [0.1, 0.15) is 5.56 Å². The number of aromatic hydroxyl groups is 1. The summed E-state index contributed by atoms with van der Waals surface area (Å²) in [6, 6.07) is 7.32. The van der Waals surface area contributed by atoms with Crippen LogP contribution in [0.25, 0.3) is 22.6 Å². The Kier molecular flexibility index (Phi) is 3.06.